The van der Waals surface area contributed by atoms with Crippen LogP contribution in [-0.2, 0) is 9.59 Å². The summed E-state index contributed by atoms with van der Waals surface area (Å²) in [5.41, 5.74) is 0. The number of ether oxygens (including phenoxy) is 1. The highest BCUT2D eigenvalue weighted by molar-refractivity contribution is 6.27. The molecule has 21 heavy (non-hydrogen) atoms. The predicted molar refractivity (Wildman–Crippen MR) is 74.9 cm³/mol. The van der Waals surface area contributed by atoms with E-state index in [-0.39, 0.29) is 5.82 Å². The van der Waals surface area contributed by atoms with Gasteiger partial charge in [0.05, 0.1) is 0 Å². The van der Waals surface area contributed by atoms with E-state index in [2.05, 4.69) is 19.2 Å². The van der Waals surface area contributed by atoms with E-state index in [9.17, 15) is 4.39 Å². The van der Waals surface area contributed by atoms with Gasteiger partial charge >= 0.3 is 11.9 Å². The molecule has 3 N–H and O–H groups in total. The van der Waals surface area contributed by atoms with Gasteiger partial charge in [-0.3, -0.25) is 0 Å². The van der Waals surface area contributed by atoms with E-state index in [4.69, 9.17) is 24.5 Å². The molecule has 0 spiro atoms. The zero-order valence-electron chi connectivity index (χ0n) is 12.0. The lowest BCUT2D eigenvalue weighted by molar-refractivity contribution is -0.159. The maximum Gasteiger partial charge on any atom is 0.414 e. The quantitative estimate of drug-likeness (QED) is 0.547. The normalized spacial score (nSPS) is 11.0. The summed E-state index contributed by atoms with van der Waals surface area (Å²) in [7, 11) is 0. The Morgan fingerprint density at radius 1 is 1.29 bits per heavy atom. The number of hydrogen-bond donors (Lipinski definition) is 3. The lowest BCUT2D eigenvalue weighted by Gasteiger charge is -2.12. The molecule has 0 saturated carbocycles. The molecule has 1 unspecified atom stereocenters. The fourth-order valence-corrected chi connectivity index (χ4v) is 1.17. The summed E-state index contributed by atoms with van der Waals surface area (Å²) in [5, 5.41) is 18.1. The molecule has 1 rings (SSSR count). The largest absolute Gasteiger partial charge is 0.489 e. The number of benzene rings is 1. The second-order valence-electron chi connectivity index (χ2n) is 4.15. The Balaban J connectivity index is 0.000000567. The van der Waals surface area contributed by atoms with Crippen LogP contribution in [0, 0.1) is 5.82 Å². The first-order chi connectivity index (χ1) is 9.88. The van der Waals surface area contributed by atoms with Gasteiger partial charge in [0, 0.05) is 12.6 Å². The third-order valence-corrected chi connectivity index (χ3v) is 2.48. The third kappa shape index (κ3) is 9.39. The minimum Gasteiger partial charge on any atom is -0.489 e. The van der Waals surface area contributed by atoms with Gasteiger partial charge < -0.3 is 20.3 Å². The molecule has 0 fully saturated rings. The molecule has 118 valence electrons. The van der Waals surface area contributed by atoms with E-state index in [1.807, 2.05) is 0 Å². The van der Waals surface area contributed by atoms with Gasteiger partial charge in [-0.05, 0) is 25.5 Å². The maximum absolute atomic E-state index is 13.1. The highest BCUT2D eigenvalue weighted by Crippen LogP contribution is 2.14. The minimum atomic E-state index is -1.82. The van der Waals surface area contributed by atoms with E-state index >= 15 is 0 Å². The number of rotatable bonds is 6. The molecule has 7 heteroatoms. The van der Waals surface area contributed by atoms with Crippen LogP contribution in [0.4, 0.5) is 4.39 Å². The summed E-state index contributed by atoms with van der Waals surface area (Å²) in [4.78, 5) is 18.2. The molecule has 1 atom stereocenters. The number of carbonyl (C=O) groups is 2. The van der Waals surface area contributed by atoms with Crippen LogP contribution in [0.2, 0.25) is 0 Å². The van der Waals surface area contributed by atoms with Crippen molar-refractivity contribution in [1.82, 2.24) is 5.32 Å². The second kappa shape index (κ2) is 10.6. The number of halogens is 1. The monoisotopic (exact) mass is 301 g/mol. The number of carboxylic acid groups (broad SMARTS) is 2. The molecule has 0 bridgehead atoms. The zero-order valence-corrected chi connectivity index (χ0v) is 12.0. The van der Waals surface area contributed by atoms with Crippen molar-refractivity contribution in [2.45, 2.75) is 26.3 Å². The third-order valence-electron chi connectivity index (χ3n) is 2.48. The lowest BCUT2D eigenvalue weighted by atomic mass is 10.3. The molecule has 0 aliphatic rings. The van der Waals surface area contributed by atoms with Crippen LogP contribution in [0.25, 0.3) is 0 Å². The summed E-state index contributed by atoms with van der Waals surface area (Å²) in [6.07, 6.45) is 1.08. The standard InChI is InChI=1S/C12H18FNO.C2H2O4/c1-3-10(2)14-8-9-15-12-7-5-4-6-11(12)13;3-1(4)2(5)6/h4-7,10,14H,3,8-9H2,1-2H3;(H,3,4)(H,5,6). The van der Waals surface area contributed by atoms with Crippen LogP contribution in [0.15, 0.2) is 24.3 Å². The molecule has 1 aromatic carbocycles. The Morgan fingerprint density at radius 2 is 1.86 bits per heavy atom. The molecule has 0 saturated heterocycles. The number of hydrogen-bond acceptors (Lipinski definition) is 4. The smallest absolute Gasteiger partial charge is 0.414 e. The number of carboxylic acids is 2. The van der Waals surface area contributed by atoms with Gasteiger partial charge in [0.25, 0.3) is 0 Å². The van der Waals surface area contributed by atoms with Gasteiger partial charge in [-0.15, -0.1) is 0 Å². The Bertz CT molecular complexity index is 441. The highest BCUT2D eigenvalue weighted by atomic mass is 19.1. The van der Waals surface area contributed by atoms with Gasteiger partial charge in [-0.25, -0.2) is 14.0 Å². The summed E-state index contributed by atoms with van der Waals surface area (Å²) in [6.45, 7) is 5.47. The van der Waals surface area contributed by atoms with Crippen molar-refractivity contribution in [3.63, 3.8) is 0 Å². The van der Waals surface area contributed by atoms with Gasteiger partial charge in [-0.2, -0.15) is 0 Å². The predicted octanol–water partition coefficient (Wildman–Crippen LogP) is 1.75. The van der Waals surface area contributed by atoms with Crippen molar-refractivity contribution in [1.29, 1.82) is 0 Å². The van der Waals surface area contributed by atoms with E-state index in [0.717, 1.165) is 13.0 Å². The molecule has 0 aliphatic heterocycles. The van der Waals surface area contributed by atoms with Crippen molar-refractivity contribution in [2.75, 3.05) is 13.2 Å². The summed E-state index contributed by atoms with van der Waals surface area (Å²) in [5.74, 6) is -3.63. The molecule has 0 aliphatic carbocycles. The van der Waals surface area contributed by atoms with Crippen molar-refractivity contribution >= 4 is 11.9 Å². The molecule has 0 heterocycles. The molecule has 0 radical (unpaired) electrons. The summed E-state index contributed by atoms with van der Waals surface area (Å²) < 4.78 is 18.4. The zero-order chi connectivity index (χ0) is 16.3. The van der Waals surface area contributed by atoms with Crippen LogP contribution in [0.3, 0.4) is 0 Å². The number of aliphatic carboxylic acids is 2. The Labute approximate surface area is 122 Å². The van der Waals surface area contributed by atoms with Crippen molar-refractivity contribution in [3.05, 3.63) is 30.1 Å². The van der Waals surface area contributed by atoms with E-state index in [0.29, 0.717) is 18.4 Å². The van der Waals surface area contributed by atoms with Gasteiger partial charge in [0.2, 0.25) is 0 Å². The second-order valence-corrected chi connectivity index (χ2v) is 4.15. The summed E-state index contributed by atoms with van der Waals surface area (Å²) >= 11 is 0. The van der Waals surface area contributed by atoms with E-state index in [1.54, 1.807) is 18.2 Å². The molecular formula is C14H20FNO5. The van der Waals surface area contributed by atoms with Crippen LogP contribution in [0.5, 0.6) is 5.75 Å². The number of nitrogens with one attached hydrogen (secondary N) is 1. The first-order valence-electron chi connectivity index (χ1n) is 6.45. The topological polar surface area (TPSA) is 95.9 Å². The maximum atomic E-state index is 13.1. The minimum absolute atomic E-state index is 0.305. The average molecular weight is 301 g/mol. The van der Waals surface area contributed by atoms with E-state index in [1.165, 1.54) is 6.07 Å². The Hall–Kier alpha value is -2.15. The molecule has 6 nitrogen and oxygen atoms in total. The van der Waals surface area contributed by atoms with Gasteiger partial charge in [-0.1, -0.05) is 19.1 Å². The molecule has 1 aromatic rings. The SMILES string of the molecule is CCC(C)NCCOc1ccccc1F.O=C(O)C(=O)O. The fraction of sp³-hybridized carbons (Fsp3) is 0.429. The summed E-state index contributed by atoms with van der Waals surface area (Å²) in [6, 6.07) is 6.94. The van der Waals surface area contributed by atoms with Crippen LogP contribution >= 0.6 is 0 Å². The molecular weight excluding hydrogens is 281 g/mol. The van der Waals surface area contributed by atoms with Crippen molar-refractivity contribution in [3.8, 4) is 5.75 Å². The van der Waals surface area contributed by atoms with Gasteiger partial charge in [0.1, 0.15) is 6.61 Å². The lowest BCUT2D eigenvalue weighted by Crippen LogP contribution is -2.29. The van der Waals surface area contributed by atoms with E-state index < -0.39 is 11.9 Å². The van der Waals surface area contributed by atoms with Crippen LogP contribution in [-0.4, -0.2) is 41.3 Å². The first-order valence-corrected chi connectivity index (χ1v) is 6.45. The van der Waals surface area contributed by atoms with Gasteiger partial charge in [0.15, 0.2) is 11.6 Å². The van der Waals surface area contributed by atoms with Crippen molar-refractivity contribution in [2.24, 2.45) is 0 Å². The average Bonchev–Trinajstić information content (AvgIpc) is 2.45. The van der Waals surface area contributed by atoms with Crippen LogP contribution in [0.1, 0.15) is 20.3 Å². The van der Waals surface area contributed by atoms with Crippen molar-refractivity contribution < 1.29 is 28.9 Å². The Morgan fingerprint density at radius 3 is 2.33 bits per heavy atom. The molecule has 0 aromatic heterocycles. The highest BCUT2D eigenvalue weighted by Gasteiger charge is 2.04. The van der Waals surface area contributed by atoms with Crippen LogP contribution < -0.4 is 10.1 Å². The fourth-order valence-electron chi connectivity index (χ4n) is 1.17. The number of para-hydroxylation sites is 1. The molecule has 0 amide bonds. The Kier molecular flexibility index (Phi) is 9.53. The first kappa shape index (κ1) is 18.9.